The van der Waals surface area contributed by atoms with Crippen LogP contribution in [-0.2, 0) is 11.2 Å². The van der Waals surface area contributed by atoms with Gasteiger partial charge in [0.15, 0.2) is 0 Å². The molecule has 1 unspecified atom stereocenters. The Balaban J connectivity index is 1.37. The van der Waals surface area contributed by atoms with Gasteiger partial charge in [-0.15, -0.1) is 0 Å². The first-order chi connectivity index (χ1) is 16.6. The van der Waals surface area contributed by atoms with Gasteiger partial charge in [0.05, 0.1) is 17.0 Å². The Labute approximate surface area is 202 Å². The van der Waals surface area contributed by atoms with E-state index in [9.17, 15) is 4.79 Å². The minimum Gasteiger partial charge on any atom is -0.342 e. The van der Waals surface area contributed by atoms with Gasteiger partial charge in [-0.2, -0.15) is 0 Å². The molecule has 0 saturated carbocycles. The van der Waals surface area contributed by atoms with Crippen LogP contribution in [0.2, 0.25) is 0 Å². The molecule has 2 heterocycles. The fraction of sp³-hybridized carbons (Fsp3) is 0.333. The van der Waals surface area contributed by atoms with Crippen molar-refractivity contribution in [2.24, 2.45) is 5.92 Å². The number of likely N-dealkylation sites (tertiary alicyclic amines) is 1. The summed E-state index contributed by atoms with van der Waals surface area (Å²) >= 11 is 0. The summed E-state index contributed by atoms with van der Waals surface area (Å²) in [5.74, 6) is 1.56. The van der Waals surface area contributed by atoms with Crippen LogP contribution in [0.3, 0.4) is 0 Å². The lowest BCUT2D eigenvalue weighted by Crippen LogP contribution is -2.42. The van der Waals surface area contributed by atoms with Gasteiger partial charge < -0.3 is 9.47 Å². The molecule has 1 aromatic heterocycles. The third kappa shape index (κ3) is 4.50. The number of piperidine rings is 1. The largest absolute Gasteiger partial charge is 0.342 e. The molecule has 0 spiro atoms. The highest BCUT2D eigenvalue weighted by Crippen LogP contribution is 2.33. The van der Waals surface area contributed by atoms with Crippen LogP contribution in [0.25, 0.3) is 11.0 Å². The Hall–Kier alpha value is -3.40. The normalized spacial score (nSPS) is 15.7. The molecule has 0 aliphatic carbocycles. The van der Waals surface area contributed by atoms with E-state index in [4.69, 9.17) is 4.98 Å². The molecule has 1 aliphatic heterocycles. The molecule has 174 valence electrons. The van der Waals surface area contributed by atoms with Crippen LogP contribution < -0.4 is 0 Å². The summed E-state index contributed by atoms with van der Waals surface area (Å²) in [6, 6.07) is 29.6. The van der Waals surface area contributed by atoms with Gasteiger partial charge in [0.1, 0.15) is 5.82 Å². The molecule has 1 saturated heterocycles. The van der Waals surface area contributed by atoms with Gasteiger partial charge in [-0.05, 0) is 42.0 Å². The van der Waals surface area contributed by atoms with E-state index in [0.29, 0.717) is 6.04 Å². The molecule has 5 rings (SSSR count). The molecule has 0 bridgehead atoms. The Morgan fingerprint density at radius 2 is 1.50 bits per heavy atom. The number of fused-ring (bicyclic) bond motifs is 1. The van der Waals surface area contributed by atoms with E-state index in [1.54, 1.807) is 0 Å². The number of carbonyl (C=O) groups excluding carboxylic acids is 1. The van der Waals surface area contributed by atoms with Crippen LogP contribution in [0.1, 0.15) is 55.6 Å². The monoisotopic (exact) mass is 451 g/mol. The predicted molar refractivity (Wildman–Crippen MR) is 138 cm³/mol. The molecule has 4 heteroatoms. The smallest absolute Gasteiger partial charge is 0.230 e. The van der Waals surface area contributed by atoms with Crippen molar-refractivity contribution < 1.29 is 4.79 Å². The Bertz CT molecular complexity index is 1240. The number of para-hydroxylation sites is 2. The highest BCUT2D eigenvalue weighted by atomic mass is 16.2. The van der Waals surface area contributed by atoms with E-state index in [1.807, 2.05) is 18.2 Å². The molecule has 3 aromatic carbocycles. The fourth-order valence-corrected chi connectivity index (χ4v) is 5.42. The SMILES string of the molecule is CC(C)C(C(=O)N1CCC(n2c(Cc3ccccc3)nc3ccccc32)CC1)c1ccccc1. The number of aromatic nitrogens is 2. The minimum absolute atomic E-state index is 0.0829. The van der Waals surface area contributed by atoms with Gasteiger partial charge in [-0.25, -0.2) is 4.98 Å². The number of rotatable bonds is 6. The maximum absolute atomic E-state index is 13.6. The number of benzene rings is 3. The maximum atomic E-state index is 13.6. The highest BCUT2D eigenvalue weighted by molar-refractivity contribution is 5.84. The van der Waals surface area contributed by atoms with Crippen LogP contribution in [0.4, 0.5) is 0 Å². The van der Waals surface area contributed by atoms with Crippen LogP contribution in [-0.4, -0.2) is 33.4 Å². The van der Waals surface area contributed by atoms with Crippen molar-refractivity contribution in [3.8, 4) is 0 Å². The Morgan fingerprint density at radius 1 is 0.882 bits per heavy atom. The summed E-state index contributed by atoms with van der Waals surface area (Å²) in [5, 5.41) is 0. The molecule has 1 atom stereocenters. The molecule has 0 radical (unpaired) electrons. The van der Waals surface area contributed by atoms with Crippen molar-refractivity contribution in [3.63, 3.8) is 0 Å². The van der Waals surface area contributed by atoms with E-state index in [1.165, 1.54) is 11.1 Å². The molecule has 0 N–H and O–H groups in total. The van der Waals surface area contributed by atoms with E-state index < -0.39 is 0 Å². The van der Waals surface area contributed by atoms with Gasteiger partial charge in [-0.3, -0.25) is 4.79 Å². The number of imidazole rings is 1. The summed E-state index contributed by atoms with van der Waals surface area (Å²) in [6.45, 7) is 5.87. The molecule has 4 nitrogen and oxygen atoms in total. The van der Waals surface area contributed by atoms with Gasteiger partial charge >= 0.3 is 0 Å². The summed E-state index contributed by atoms with van der Waals surface area (Å²) in [7, 11) is 0. The number of amides is 1. The molecule has 34 heavy (non-hydrogen) atoms. The molecular formula is C30H33N3O. The van der Waals surface area contributed by atoms with Gasteiger partial charge in [0.25, 0.3) is 0 Å². The van der Waals surface area contributed by atoms with Crippen molar-refractivity contribution in [2.75, 3.05) is 13.1 Å². The van der Waals surface area contributed by atoms with Crippen molar-refractivity contribution in [3.05, 3.63) is 102 Å². The molecular weight excluding hydrogens is 418 g/mol. The van der Waals surface area contributed by atoms with E-state index in [0.717, 1.165) is 49.3 Å². The zero-order chi connectivity index (χ0) is 23.5. The lowest BCUT2D eigenvalue weighted by atomic mass is 9.86. The molecule has 1 fully saturated rings. The summed E-state index contributed by atoms with van der Waals surface area (Å²) in [5.41, 5.74) is 4.64. The third-order valence-corrected chi connectivity index (χ3v) is 7.11. The standard InChI is InChI=1S/C30H33N3O/c1-22(2)29(24-13-7-4-8-14-24)30(34)32-19-17-25(18-20-32)33-27-16-10-9-15-26(27)31-28(33)21-23-11-5-3-6-12-23/h3-16,22,25,29H,17-21H2,1-2H3. The second-order valence-electron chi connectivity index (χ2n) is 9.74. The predicted octanol–water partition coefficient (Wildman–Crippen LogP) is 6.23. The van der Waals surface area contributed by atoms with Crippen LogP contribution in [0.15, 0.2) is 84.9 Å². The van der Waals surface area contributed by atoms with Crippen LogP contribution in [0, 0.1) is 5.92 Å². The first kappa shape index (κ1) is 22.4. The van der Waals surface area contributed by atoms with Crippen molar-refractivity contribution in [2.45, 2.75) is 45.1 Å². The molecule has 4 aromatic rings. The second-order valence-corrected chi connectivity index (χ2v) is 9.74. The summed E-state index contributed by atoms with van der Waals surface area (Å²) < 4.78 is 2.45. The third-order valence-electron chi connectivity index (χ3n) is 7.11. The number of nitrogens with zero attached hydrogens (tertiary/aromatic N) is 3. The topological polar surface area (TPSA) is 38.1 Å². The fourth-order valence-electron chi connectivity index (χ4n) is 5.42. The van der Waals surface area contributed by atoms with E-state index in [-0.39, 0.29) is 17.7 Å². The maximum Gasteiger partial charge on any atom is 0.230 e. The van der Waals surface area contributed by atoms with Crippen molar-refractivity contribution in [1.29, 1.82) is 0 Å². The number of hydrogen-bond donors (Lipinski definition) is 0. The quantitative estimate of drug-likeness (QED) is 0.348. The van der Waals surface area contributed by atoms with Gasteiger partial charge in [0, 0.05) is 25.6 Å². The second kappa shape index (κ2) is 9.84. The number of hydrogen-bond acceptors (Lipinski definition) is 2. The zero-order valence-electron chi connectivity index (χ0n) is 20.1. The van der Waals surface area contributed by atoms with E-state index in [2.05, 4.69) is 90.0 Å². The van der Waals surface area contributed by atoms with E-state index >= 15 is 0 Å². The molecule has 1 aliphatic rings. The molecule has 1 amide bonds. The number of carbonyl (C=O) groups is 1. The van der Waals surface area contributed by atoms with Crippen molar-refractivity contribution >= 4 is 16.9 Å². The lowest BCUT2D eigenvalue weighted by Gasteiger charge is -2.36. The first-order valence-corrected chi connectivity index (χ1v) is 12.5. The average Bonchev–Trinajstić information content (AvgIpc) is 3.23. The first-order valence-electron chi connectivity index (χ1n) is 12.5. The Kier molecular flexibility index (Phi) is 6.48. The lowest BCUT2D eigenvalue weighted by molar-refractivity contribution is -0.135. The zero-order valence-corrected chi connectivity index (χ0v) is 20.1. The summed E-state index contributed by atoms with van der Waals surface area (Å²) in [6.07, 6.45) is 2.72. The van der Waals surface area contributed by atoms with Gasteiger partial charge in [-0.1, -0.05) is 86.6 Å². The van der Waals surface area contributed by atoms with Crippen LogP contribution in [0.5, 0.6) is 0 Å². The van der Waals surface area contributed by atoms with Gasteiger partial charge in [0.2, 0.25) is 5.91 Å². The average molecular weight is 452 g/mol. The Morgan fingerprint density at radius 3 is 2.18 bits per heavy atom. The minimum atomic E-state index is -0.0829. The van der Waals surface area contributed by atoms with Crippen LogP contribution >= 0.6 is 0 Å². The van der Waals surface area contributed by atoms with Crippen molar-refractivity contribution in [1.82, 2.24) is 14.5 Å². The summed E-state index contributed by atoms with van der Waals surface area (Å²) in [4.78, 5) is 20.7. The highest BCUT2D eigenvalue weighted by Gasteiger charge is 2.32.